The number of fused-ring (bicyclic) bond motifs is 1. The zero-order chi connectivity index (χ0) is 32.8. The topological polar surface area (TPSA) is 75.7 Å². The van der Waals surface area contributed by atoms with Crippen LogP contribution in [0.25, 0.3) is 0 Å². The van der Waals surface area contributed by atoms with E-state index in [2.05, 4.69) is 54.3 Å². The maximum Gasteiger partial charge on any atom is 0.337 e. The quantitative estimate of drug-likeness (QED) is 0.147. The molecule has 4 aromatic carbocycles. The van der Waals surface area contributed by atoms with Gasteiger partial charge in [-0.1, -0.05) is 42.5 Å². The Bertz CT molecular complexity index is 1640. The van der Waals surface area contributed by atoms with Crippen molar-refractivity contribution in [2.75, 3.05) is 35.0 Å². The summed E-state index contributed by atoms with van der Waals surface area (Å²) >= 11 is 0. The second-order valence-corrected chi connectivity index (χ2v) is 11.6. The summed E-state index contributed by atoms with van der Waals surface area (Å²) in [4.78, 5) is 14.8. The lowest BCUT2D eigenvalue weighted by molar-refractivity contribution is 0.0600. The number of methoxy groups -OCH3 is 4. The van der Waals surface area contributed by atoms with E-state index in [1.807, 2.05) is 32.0 Å². The second-order valence-electron chi connectivity index (χ2n) is 11.6. The normalized spacial score (nSPS) is 15.1. The van der Waals surface area contributed by atoms with Gasteiger partial charge >= 0.3 is 5.97 Å². The second kappa shape index (κ2) is 14.6. The average molecular weight is 626 g/mol. The summed E-state index contributed by atoms with van der Waals surface area (Å²) in [6, 6.07) is 25.9. The Balaban J connectivity index is 1.49. The molecular formula is C38H43NO7. The van der Waals surface area contributed by atoms with E-state index in [9.17, 15) is 4.79 Å². The van der Waals surface area contributed by atoms with Crippen molar-refractivity contribution < 1.29 is 33.2 Å². The molecule has 4 aromatic rings. The molecule has 5 rings (SSSR count). The van der Waals surface area contributed by atoms with Gasteiger partial charge in [0.1, 0.15) is 5.75 Å². The van der Waals surface area contributed by atoms with Crippen LogP contribution in [0.3, 0.4) is 0 Å². The van der Waals surface area contributed by atoms with Gasteiger partial charge in [-0.2, -0.15) is 0 Å². The maximum atomic E-state index is 12.2. The number of nitrogens with zero attached hydrogens (tertiary/aromatic N) is 1. The number of hydrogen-bond donors (Lipinski definition) is 0. The smallest absolute Gasteiger partial charge is 0.337 e. The number of rotatable bonds is 12. The van der Waals surface area contributed by atoms with E-state index in [4.69, 9.17) is 28.4 Å². The van der Waals surface area contributed by atoms with E-state index < -0.39 is 5.97 Å². The van der Waals surface area contributed by atoms with E-state index in [1.54, 1.807) is 39.5 Å². The molecule has 0 aromatic heterocycles. The number of carbonyl (C=O) groups excluding carboxylic acids is 1. The molecule has 0 spiro atoms. The van der Waals surface area contributed by atoms with Gasteiger partial charge < -0.3 is 28.4 Å². The molecule has 2 atom stereocenters. The van der Waals surface area contributed by atoms with Crippen LogP contribution in [0.2, 0.25) is 0 Å². The Morgan fingerprint density at radius 2 is 1.52 bits per heavy atom. The zero-order valence-corrected chi connectivity index (χ0v) is 27.7. The van der Waals surface area contributed by atoms with Crippen LogP contribution in [0.5, 0.6) is 34.5 Å². The molecule has 1 aliphatic heterocycles. The third-order valence-corrected chi connectivity index (χ3v) is 8.41. The first-order valence-corrected chi connectivity index (χ1v) is 15.6. The molecule has 0 saturated carbocycles. The molecule has 0 saturated heterocycles. The molecule has 0 fully saturated rings. The van der Waals surface area contributed by atoms with Gasteiger partial charge in [0.25, 0.3) is 0 Å². The van der Waals surface area contributed by atoms with Crippen LogP contribution >= 0.6 is 0 Å². The van der Waals surface area contributed by atoms with Crippen molar-refractivity contribution in [3.8, 4) is 34.5 Å². The van der Waals surface area contributed by atoms with Crippen molar-refractivity contribution in [1.29, 1.82) is 0 Å². The van der Waals surface area contributed by atoms with Gasteiger partial charge in [0, 0.05) is 24.2 Å². The number of carbonyl (C=O) groups is 1. The zero-order valence-electron chi connectivity index (χ0n) is 27.7. The molecule has 242 valence electrons. The van der Waals surface area contributed by atoms with Crippen molar-refractivity contribution in [2.45, 2.75) is 51.8 Å². The van der Waals surface area contributed by atoms with Crippen LogP contribution in [0.4, 0.5) is 0 Å². The minimum Gasteiger partial charge on any atom is -0.493 e. The summed E-state index contributed by atoms with van der Waals surface area (Å²) in [7, 11) is 6.34. The molecule has 8 nitrogen and oxygen atoms in total. The molecule has 0 unspecified atom stereocenters. The van der Waals surface area contributed by atoms with Crippen molar-refractivity contribution in [3.63, 3.8) is 0 Å². The van der Waals surface area contributed by atoms with Crippen LogP contribution in [-0.4, -0.2) is 52.0 Å². The van der Waals surface area contributed by atoms with Crippen LogP contribution in [0.15, 0.2) is 78.9 Å². The Morgan fingerprint density at radius 3 is 2.15 bits per heavy atom. The van der Waals surface area contributed by atoms with Gasteiger partial charge in [0.2, 0.25) is 5.75 Å². The number of esters is 1. The molecule has 0 aliphatic carbocycles. The minimum absolute atomic E-state index is 0.00302. The van der Waals surface area contributed by atoms with E-state index in [0.29, 0.717) is 40.1 Å². The van der Waals surface area contributed by atoms with Gasteiger partial charge in [-0.25, -0.2) is 4.79 Å². The fourth-order valence-electron chi connectivity index (χ4n) is 6.21. The molecule has 46 heavy (non-hydrogen) atoms. The van der Waals surface area contributed by atoms with E-state index >= 15 is 0 Å². The highest BCUT2D eigenvalue weighted by Gasteiger charge is 2.36. The summed E-state index contributed by atoms with van der Waals surface area (Å²) in [6.45, 7) is 7.02. The van der Waals surface area contributed by atoms with Gasteiger partial charge in [-0.15, -0.1) is 0 Å². The maximum absolute atomic E-state index is 12.2. The van der Waals surface area contributed by atoms with E-state index in [-0.39, 0.29) is 18.2 Å². The van der Waals surface area contributed by atoms with Crippen LogP contribution in [-0.2, 0) is 17.6 Å². The van der Waals surface area contributed by atoms with Crippen molar-refractivity contribution in [2.24, 2.45) is 0 Å². The molecule has 0 radical (unpaired) electrons. The third kappa shape index (κ3) is 6.92. The van der Waals surface area contributed by atoms with Crippen LogP contribution < -0.4 is 23.7 Å². The molecule has 8 heteroatoms. The average Bonchev–Trinajstić information content (AvgIpc) is 3.08. The Labute approximate surface area is 271 Å². The highest BCUT2D eigenvalue weighted by atomic mass is 16.5. The lowest BCUT2D eigenvalue weighted by atomic mass is 9.85. The third-order valence-electron chi connectivity index (χ3n) is 8.41. The number of ether oxygens (including phenoxy) is 6. The van der Waals surface area contributed by atoms with Gasteiger partial charge in [0.05, 0.1) is 40.1 Å². The predicted molar refractivity (Wildman–Crippen MR) is 178 cm³/mol. The molecule has 0 N–H and O–H groups in total. The molecular weight excluding hydrogens is 582 g/mol. The van der Waals surface area contributed by atoms with Gasteiger partial charge in [-0.05, 0) is 86.7 Å². The van der Waals surface area contributed by atoms with Crippen LogP contribution in [0.1, 0.15) is 65.5 Å². The number of benzene rings is 4. The molecule has 1 heterocycles. The summed E-state index contributed by atoms with van der Waals surface area (Å²) < 4.78 is 34.7. The predicted octanol–water partition coefficient (Wildman–Crippen LogP) is 7.98. The highest BCUT2D eigenvalue weighted by Crippen LogP contribution is 2.50. The standard InChI is InChI=1S/C38H43NO7/c1-24(2)45-32-18-15-29(38(40)44-7)23-33(32)46-30-16-13-26(14-17-30)21-31-35-28(22-34(41-4)36(42-5)37(35)43-6)19-20-39(31)25(3)27-11-9-8-10-12-27/h8-18,22-25,31H,19-21H2,1-7H3/t25-,31-/m0/s1. The summed E-state index contributed by atoms with van der Waals surface area (Å²) in [5.74, 6) is 3.15. The molecule has 0 bridgehead atoms. The lowest BCUT2D eigenvalue weighted by Gasteiger charge is -2.42. The van der Waals surface area contributed by atoms with Gasteiger partial charge in [-0.3, -0.25) is 4.90 Å². The Hall–Kier alpha value is -4.69. The van der Waals surface area contributed by atoms with Crippen molar-refractivity contribution >= 4 is 5.97 Å². The fourth-order valence-corrected chi connectivity index (χ4v) is 6.21. The SMILES string of the molecule is COC(=O)c1ccc(OC(C)C)c(Oc2ccc(C[C@H]3c4c(cc(OC)c(OC)c4OC)CCN3[C@@H](C)c3ccccc3)cc2)c1. The van der Waals surface area contributed by atoms with Crippen molar-refractivity contribution in [3.05, 3.63) is 107 Å². The summed E-state index contributed by atoms with van der Waals surface area (Å²) in [5, 5.41) is 0. The van der Waals surface area contributed by atoms with E-state index in [0.717, 1.165) is 30.5 Å². The summed E-state index contributed by atoms with van der Waals surface area (Å²) in [5.41, 5.74) is 5.08. The monoisotopic (exact) mass is 625 g/mol. The first-order chi connectivity index (χ1) is 22.3. The first-order valence-electron chi connectivity index (χ1n) is 15.6. The lowest BCUT2D eigenvalue weighted by Crippen LogP contribution is -2.38. The highest BCUT2D eigenvalue weighted by molar-refractivity contribution is 5.90. The first kappa shape index (κ1) is 32.7. The minimum atomic E-state index is -0.442. The summed E-state index contributed by atoms with van der Waals surface area (Å²) in [6.07, 6.45) is 1.53. The van der Waals surface area contributed by atoms with Gasteiger partial charge in [0.15, 0.2) is 23.0 Å². The molecule has 1 aliphatic rings. The largest absolute Gasteiger partial charge is 0.493 e. The Morgan fingerprint density at radius 1 is 0.804 bits per heavy atom. The molecule has 0 amide bonds. The Kier molecular flexibility index (Phi) is 10.4. The number of hydrogen-bond acceptors (Lipinski definition) is 8. The van der Waals surface area contributed by atoms with E-state index in [1.165, 1.54) is 18.2 Å². The van der Waals surface area contributed by atoms with Crippen LogP contribution in [0, 0.1) is 0 Å². The fraction of sp³-hybridized carbons (Fsp3) is 0.342. The van der Waals surface area contributed by atoms with Crippen molar-refractivity contribution in [1.82, 2.24) is 4.90 Å².